The highest BCUT2D eigenvalue weighted by Gasteiger charge is 2.17. The molecule has 3 heteroatoms. The molecule has 0 aromatic carbocycles. The lowest BCUT2D eigenvalue weighted by atomic mass is 10.1. The molecule has 1 atom stereocenters. The normalized spacial score (nSPS) is 17.9. The van der Waals surface area contributed by atoms with E-state index in [2.05, 4.69) is 6.08 Å². The standard InChI is InChI=1S/C14H22O3/c1-11(15)8-6-4-3-5-7-9-13-10-17-14(16)12(13)2/h7,9,11,15H,3-6,8,10H2,1-2H3/b9-7+/t11-/m0/s1. The maximum Gasteiger partial charge on any atom is 0.334 e. The first-order valence-electron chi connectivity index (χ1n) is 6.32. The van der Waals surface area contributed by atoms with E-state index in [0.717, 1.165) is 43.3 Å². The molecule has 1 aliphatic heterocycles. The summed E-state index contributed by atoms with van der Waals surface area (Å²) in [5.41, 5.74) is 1.73. The van der Waals surface area contributed by atoms with Gasteiger partial charge in [-0.25, -0.2) is 4.79 Å². The van der Waals surface area contributed by atoms with Crippen LogP contribution in [0.5, 0.6) is 0 Å². The summed E-state index contributed by atoms with van der Waals surface area (Å²) in [6, 6.07) is 0. The Morgan fingerprint density at radius 2 is 2.18 bits per heavy atom. The van der Waals surface area contributed by atoms with Crippen molar-refractivity contribution >= 4 is 5.97 Å². The molecule has 0 aliphatic carbocycles. The average Bonchev–Trinajstić information content (AvgIpc) is 2.59. The summed E-state index contributed by atoms with van der Waals surface area (Å²) in [5.74, 6) is -0.193. The fraction of sp³-hybridized carbons (Fsp3) is 0.643. The Morgan fingerprint density at radius 1 is 1.41 bits per heavy atom. The average molecular weight is 238 g/mol. The van der Waals surface area contributed by atoms with E-state index < -0.39 is 0 Å². The lowest BCUT2D eigenvalue weighted by Crippen LogP contribution is -1.97. The molecule has 0 bridgehead atoms. The monoisotopic (exact) mass is 238 g/mol. The molecule has 0 aromatic rings. The van der Waals surface area contributed by atoms with E-state index in [-0.39, 0.29) is 12.1 Å². The maximum absolute atomic E-state index is 11.1. The molecule has 0 saturated carbocycles. The van der Waals surface area contributed by atoms with Gasteiger partial charge in [-0.15, -0.1) is 0 Å². The van der Waals surface area contributed by atoms with Crippen molar-refractivity contribution in [2.75, 3.05) is 6.61 Å². The minimum atomic E-state index is -0.193. The predicted molar refractivity (Wildman–Crippen MR) is 67.6 cm³/mol. The number of esters is 1. The van der Waals surface area contributed by atoms with Crippen molar-refractivity contribution in [3.05, 3.63) is 23.3 Å². The minimum Gasteiger partial charge on any atom is -0.457 e. The molecule has 0 fully saturated rings. The zero-order valence-electron chi connectivity index (χ0n) is 10.7. The van der Waals surface area contributed by atoms with Crippen LogP contribution < -0.4 is 0 Å². The predicted octanol–water partition coefficient (Wildman–Crippen LogP) is 2.75. The van der Waals surface area contributed by atoms with E-state index in [1.54, 1.807) is 6.92 Å². The first-order chi connectivity index (χ1) is 8.11. The number of unbranched alkanes of at least 4 members (excludes halogenated alkanes) is 3. The molecule has 1 N–H and O–H groups in total. The van der Waals surface area contributed by atoms with Crippen molar-refractivity contribution in [2.45, 2.75) is 52.1 Å². The second-order valence-corrected chi connectivity index (χ2v) is 4.62. The van der Waals surface area contributed by atoms with Gasteiger partial charge in [0.1, 0.15) is 6.61 Å². The first kappa shape index (κ1) is 14.0. The van der Waals surface area contributed by atoms with E-state index in [1.807, 2.05) is 13.0 Å². The van der Waals surface area contributed by atoms with Crippen LogP contribution in [0, 0.1) is 0 Å². The smallest absolute Gasteiger partial charge is 0.334 e. The third-order valence-electron chi connectivity index (χ3n) is 2.96. The maximum atomic E-state index is 11.1. The van der Waals surface area contributed by atoms with Gasteiger partial charge in [0.15, 0.2) is 0 Å². The molecule has 1 rings (SSSR count). The summed E-state index contributed by atoms with van der Waals surface area (Å²) in [4.78, 5) is 11.1. The summed E-state index contributed by atoms with van der Waals surface area (Å²) in [6.45, 7) is 4.05. The summed E-state index contributed by atoms with van der Waals surface area (Å²) in [7, 11) is 0. The van der Waals surface area contributed by atoms with E-state index in [4.69, 9.17) is 9.84 Å². The van der Waals surface area contributed by atoms with Crippen LogP contribution in [0.25, 0.3) is 0 Å². The van der Waals surface area contributed by atoms with Crippen LogP contribution in [0.15, 0.2) is 23.3 Å². The van der Waals surface area contributed by atoms with Gasteiger partial charge in [0.05, 0.1) is 6.10 Å². The Labute approximate surface area is 103 Å². The van der Waals surface area contributed by atoms with Gasteiger partial charge < -0.3 is 9.84 Å². The molecule has 3 nitrogen and oxygen atoms in total. The van der Waals surface area contributed by atoms with Crippen LogP contribution in [-0.2, 0) is 9.53 Å². The van der Waals surface area contributed by atoms with E-state index in [0.29, 0.717) is 6.61 Å². The van der Waals surface area contributed by atoms with Crippen molar-refractivity contribution in [3.63, 3.8) is 0 Å². The van der Waals surface area contributed by atoms with Gasteiger partial charge in [0.2, 0.25) is 0 Å². The number of hydrogen-bond donors (Lipinski definition) is 1. The Bertz CT molecular complexity index is 313. The Kier molecular flexibility index (Phi) is 5.98. The van der Waals surface area contributed by atoms with Crippen LogP contribution in [0.2, 0.25) is 0 Å². The highest BCUT2D eigenvalue weighted by atomic mass is 16.5. The van der Waals surface area contributed by atoms with E-state index >= 15 is 0 Å². The first-order valence-corrected chi connectivity index (χ1v) is 6.32. The van der Waals surface area contributed by atoms with Gasteiger partial charge in [0.25, 0.3) is 0 Å². The van der Waals surface area contributed by atoms with Gasteiger partial charge in [-0.1, -0.05) is 25.0 Å². The quantitative estimate of drug-likeness (QED) is 0.548. The number of hydrogen-bond acceptors (Lipinski definition) is 3. The number of carbonyl (C=O) groups excluding carboxylic acids is 1. The molecular formula is C14H22O3. The van der Waals surface area contributed by atoms with Crippen molar-refractivity contribution in [3.8, 4) is 0 Å². The molecule has 96 valence electrons. The van der Waals surface area contributed by atoms with E-state index in [1.165, 1.54) is 0 Å². The topological polar surface area (TPSA) is 46.5 Å². The third-order valence-corrected chi connectivity index (χ3v) is 2.96. The fourth-order valence-electron chi connectivity index (χ4n) is 1.77. The second-order valence-electron chi connectivity index (χ2n) is 4.62. The highest BCUT2D eigenvalue weighted by Crippen LogP contribution is 2.16. The molecule has 0 saturated heterocycles. The van der Waals surface area contributed by atoms with Gasteiger partial charge in [-0.3, -0.25) is 0 Å². The van der Waals surface area contributed by atoms with Crippen LogP contribution in [0.3, 0.4) is 0 Å². The molecule has 0 spiro atoms. The third kappa shape index (κ3) is 5.18. The zero-order chi connectivity index (χ0) is 12.7. The second kappa shape index (κ2) is 7.28. The number of carbonyl (C=O) groups is 1. The molecule has 17 heavy (non-hydrogen) atoms. The van der Waals surface area contributed by atoms with Crippen molar-refractivity contribution in [1.29, 1.82) is 0 Å². The number of aliphatic hydroxyl groups excluding tert-OH is 1. The van der Waals surface area contributed by atoms with Crippen molar-refractivity contribution in [2.24, 2.45) is 0 Å². The Hall–Kier alpha value is -1.09. The summed E-state index contributed by atoms with van der Waals surface area (Å²) in [5, 5.41) is 9.09. The molecule has 0 aromatic heterocycles. The number of ether oxygens (including phenoxy) is 1. The van der Waals surface area contributed by atoms with Gasteiger partial charge >= 0.3 is 5.97 Å². The van der Waals surface area contributed by atoms with Crippen LogP contribution in [0.1, 0.15) is 46.0 Å². The Balaban J connectivity index is 2.13. The highest BCUT2D eigenvalue weighted by molar-refractivity contribution is 5.91. The largest absolute Gasteiger partial charge is 0.457 e. The zero-order valence-corrected chi connectivity index (χ0v) is 10.7. The number of rotatable bonds is 7. The fourth-order valence-corrected chi connectivity index (χ4v) is 1.77. The van der Waals surface area contributed by atoms with Crippen LogP contribution in [0.4, 0.5) is 0 Å². The molecule has 1 heterocycles. The number of allylic oxidation sites excluding steroid dienone is 1. The summed E-state index contributed by atoms with van der Waals surface area (Å²) in [6.07, 6.45) is 9.17. The summed E-state index contributed by atoms with van der Waals surface area (Å²) < 4.78 is 4.91. The SMILES string of the molecule is CC1=C(/C=C/CCCCC[C@H](C)O)COC1=O. The number of cyclic esters (lactones) is 1. The van der Waals surface area contributed by atoms with Crippen LogP contribution in [-0.4, -0.2) is 23.8 Å². The van der Waals surface area contributed by atoms with Crippen LogP contribution >= 0.6 is 0 Å². The lowest BCUT2D eigenvalue weighted by molar-refractivity contribution is -0.135. The van der Waals surface area contributed by atoms with Crippen molar-refractivity contribution in [1.82, 2.24) is 0 Å². The number of aliphatic hydroxyl groups is 1. The van der Waals surface area contributed by atoms with Crippen molar-refractivity contribution < 1.29 is 14.6 Å². The molecule has 0 amide bonds. The van der Waals surface area contributed by atoms with Gasteiger partial charge in [-0.2, -0.15) is 0 Å². The molecule has 0 unspecified atom stereocenters. The van der Waals surface area contributed by atoms with E-state index in [9.17, 15) is 4.79 Å². The molecule has 0 radical (unpaired) electrons. The Morgan fingerprint density at radius 3 is 2.76 bits per heavy atom. The van der Waals surface area contributed by atoms with Gasteiger partial charge in [-0.05, 0) is 38.7 Å². The minimum absolute atomic E-state index is 0.181. The van der Waals surface area contributed by atoms with Gasteiger partial charge in [0, 0.05) is 5.57 Å². The molecule has 1 aliphatic rings. The molecular weight excluding hydrogens is 216 g/mol. The lowest BCUT2D eigenvalue weighted by Gasteiger charge is -2.02. The summed E-state index contributed by atoms with van der Waals surface area (Å²) >= 11 is 0.